The number of alkyl halides is 3. The average Bonchev–Trinajstić information content (AvgIpc) is 3.13. The van der Waals surface area contributed by atoms with Crippen LogP contribution in [0.25, 0.3) is 5.69 Å². The molecule has 3 heterocycles. The van der Waals surface area contributed by atoms with Gasteiger partial charge >= 0.3 is 11.9 Å². The Morgan fingerprint density at radius 1 is 1.34 bits per heavy atom. The van der Waals surface area contributed by atoms with Crippen LogP contribution >= 0.6 is 11.6 Å². The summed E-state index contributed by atoms with van der Waals surface area (Å²) in [6.07, 6.45) is -5.74. The molecule has 1 N–H and O–H groups in total. The number of aromatic nitrogens is 4. The molecular weight excluding hydrogens is 498 g/mol. The first-order valence-corrected chi connectivity index (χ1v) is 10.6. The number of rotatable bonds is 5. The van der Waals surface area contributed by atoms with E-state index in [4.69, 9.17) is 21.1 Å². The second kappa shape index (κ2) is 9.30. The fourth-order valence-corrected chi connectivity index (χ4v) is 3.59. The van der Waals surface area contributed by atoms with Gasteiger partial charge in [-0.05, 0) is 26.0 Å². The van der Waals surface area contributed by atoms with Crippen LogP contribution in [0.5, 0.6) is 5.75 Å². The number of nitrogens with one attached hydrogen (secondary N) is 1. The van der Waals surface area contributed by atoms with Crippen molar-refractivity contribution in [3.63, 3.8) is 0 Å². The van der Waals surface area contributed by atoms with E-state index in [1.165, 1.54) is 16.8 Å². The number of halogens is 5. The zero-order valence-electron chi connectivity index (χ0n) is 18.3. The van der Waals surface area contributed by atoms with Gasteiger partial charge in [0, 0.05) is 12.3 Å². The van der Waals surface area contributed by atoms with Gasteiger partial charge in [-0.25, -0.2) is 9.18 Å². The Hall–Kier alpha value is -3.45. The number of benzene rings is 1. The number of nitrogens with zero attached hydrogens (tertiary/aromatic N) is 4. The van der Waals surface area contributed by atoms with E-state index in [1.807, 2.05) is 0 Å². The first kappa shape index (κ1) is 24.7. The van der Waals surface area contributed by atoms with Gasteiger partial charge in [-0.2, -0.15) is 17.9 Å². The highest BCUT2D eigenvalue weighted by molar-refractivity contribution is 6.34. The van der Waals surface area contributed by atoms with Gasteiger partial charge in [-0.3, -0.25) is 14.3 Å². The summed E-state index contributed by atoms with van der Waals surface area (Å²) in [5, 5.41) is 6.55. The second-order valence-electron chi connectivity index (χ2n) is 7.62. The summed E-state index contributed by atoms with van der Waals surface area (Å²) >= 11 is 6.08. The lowest BCUT2D eigenvalue weighted by Crippen LogP contribution is -2.32. The number of hydrogen-bond donors (Lipinski definition) is 1. The summed E-state index contributed by atoms with van der Waals surface area (Å²) in [6.45, 7) is 2.70. The Morgan fingerprint density at radius 3 is 2.74 bits per heavy atom. The molecule has 0 radical (unpaired) electrons. The highest BCUT2D eigenvalue weighted by Crippen LogP contribution is 2.32. The van der Waals surface area contributed by atoms with Crippen LogP contribution in [-0.4, -0.2) is 44.1 Å². The van der Waals surface area contributed by atoms with Crippen molar-refractivity contribution in [1.29, 1.82) is 0 Å². The van der Waals surface area contributed by atoms with Crippen molar-refractivity contribution in [3.8, 4) is 11.4 Å². The first-order chi connectivity index (χ1) is 16.5. The number of carbonyl (C=O) groups is 1. The van der Waals surface area contributed by atoms with Gasteiger partial charge in [0.05, 0.1) is 35.1 Å². The van der Waals surface area contributed by atoms with Crippen molar-refractivity contribution in [2.24, 2.45) is 0 Å². The molecule has 0 saturated carbocycles. The molecule has 0 spiro atoms. The maximum Gasteiger partial charge on any atom is 0.425 e. The summed E-state index contributed by atoms with van der Waals surface area (Å²) in [5.41, 5.74) is -1.34. The Labute approximate surface area is 200 Å². The summed E-state index contributed by atoms with van der Waals surface area (Å²) in [5.74, 6) is -2.48. The monoisotopic (exact) mass is 515 g/mol. The fourth-order valence-electron chi connectivity index (χ4n) is 3.35. The van der Waals surface area contributed by atoms with E-state index in [2.05, 4.69) is 15.4 Å². The average molecular weight is 516 g/mol. The Bertz CT molecular complexity index is 1330. The van der Waals surface area contributed by atoms with Crippen LogP contribution < -0.4 is 15.7 Å². The van der Waals surface area contributed by atoms with Crippen LogP contribution in [-0.2, 0) is 17.9 Å². The molecule has 4 rings (SSSR count). The fraction of sp³-hybridized carbons (Fsp3) is 0.333. The van der Waals surface area contributed by atoms with Crippen molar-refractivity contribution in [3.05, 3.63) is 62.8 Å². The normalized spacial score (nSPS) is 14.4. The van der Waals surface area contributed by atoms with Gasteiger partial charge in [0.25, 0.3) is 5.91 Å². The number of amides is 1. The number of aryl methyl sites for hydroxylation is 1. The van der Waals surface area contributed by atoms with Gasteiger partial charge in [-0.15, -0.1) is 5.10 Å². The van der Waals surface area contributed by atoms with E-state index < -0.39 is 46.7 Å². The van der Waals surface area contributed by atoms with Crippen LogP contribution in [0, 0.1) is 12.7 Å². The molecule has 14 heteroatoms. The number of pyridine rings is 1. The lowest BCUT2D eigenvalue weighted by molar-refractivity contribution is -0.189. The molecule has 1 aliphatic heterocycles. The van der Waals surface area contributed by atoms with Crippen molar-refractivity contribution >= 4 is 23.2 Å². The Balaban J connectivity index is 1.81. The van der Waals surface area contributed by atoms with Gasteiger partial charge < -0.3 is 14.8 Å². The number of carbonyl (C=O) groups excluding carboxylic acids is 1. The minimum Gasteiger partial charge on any atom is -0.480 e. The van der Waals surface area contributed by atoms with Crippen LogP contribution in [0.1, 0.15) is 28.8 Å². The molecule has 1 aromatic carbocycles. The molecule has 0 unspecified atom stereocenters. The maximum atomic E-state index is 15.2. The summed E-state index contributed by atoms with van der Waals surface area (Å²) < 4.78 is 67.0. The quantitative estimate of drug-likeness (QED) is 0.521. The molecule has 0 bridgehead atoms. The standard InChI is InChI=1S/C21H18ClF4N5O4/c1-10-18(13(22)3-4-27-10)28-19(32)12-7-14(23)15(8-16(12)35-11(2)21(24,25)26)31-20(33)30-5-6-34-9-17(30)29-31/h3-4,7-8,11H,5-6,9H2,1-2H3,(H,28,32)/t11-/m0/s1. The van der Waals surface area contributed by atoms with Crippen LogP contribution in [0.15, 0.2) is 29.2 Å². The molecule has 2 aromatic heterocycles. The molecular formula is C21H18ClF4N5O4. The molecule has 1 atom stereocenters. The smallest absolute Gasteiger partial charge is 0.425 e. The maximum absolute atomic E-state index is 15.2. The molecule has 1 amide bonds. The van der Waals surface area contributed by atoms with E-state index in [9.17, 15) is 22.8 Å². The summed E-state index contributed by atoms with van der Waals surface area (Å²) in [6, 6.07) is 2.89. The molecule has 35 heavy (non-hydrogen) atoms. The largest absolute Gasteiger partial charge is 0.480 e. The first-order valence-electron chi connectivity index (χ1n) is 10.2. The predicted octanol–water partition coefficient (Wildman–Crippen LogP) is 3.64. The van der Waals surface area contributed by atoms with Gasteiger partial charge in [-0.1, -0.05) is 11.6 Å². The number of anilines is 1. The SMILES string of the molecule is Cc1nccc(Cl)c1NC(=O)c1cc(F)c(-n2nc3n(c2=O)CCOC3)cc1O[C@@H](C)C(F)(F)F. The molecule has 0 aliphatic carbocycles. The van der Waals surface area contributed by atoms with Crippen LogP contribution in [0.2, 0.25) is 5.02 Å². The minimum absolute atomic E-state index is 0.00400. The number of hydrogen-bond acceptors (Lipinski definition) is 6. The molecule has 0 saturated heterocycles. The highest BCUT2D eigenvalue weighted by atomic mass is 35.5. The molecule has 1 aliphatic rings. The van der Waals surface area contributed by atoms with Gasteiger partial charge in [0.15, 0.2) is 11.9 Å². The van der Waals surface area contributed by atoms with Gasteiger partial charge in [0.2, 0.25) is 0 Å². The zero-order valence-corrected chi connectivity index (χ0v) is 19.1. The highest BCUT2D eigenvalue weighted by Gasteiger charge is 2.39. The summed E-state index contributed by atoms with van der Waals surface area (Å²) in [7, 11) is 0. The van der Waals surface area contributed by atoms with Crippen LogP contribution in [0.4, 0.5) is 23.2 Å². The Kier molecular flexibility index (Phi) is 6.56. The predicted molar refractivity (Wildman–Crippen MR) is 116 cm³/mol. The minimum atomic E-state index is -4.78. The number of ether oxygens (including phenoxy) is 2. The van der Waals surface area contributed by atoms with Crippen molar-refractivity contribution < 1.29 is 31.8 Å². The Morgan fingerprint density at radius 2 is 2.09 bits per heavy atom. The van der Waals surface area contributed by atoms with E-state index in [0.29, 0.717) is 16.4 Å². The van der Waals surface area contributed by atoms with E-state index in [0.717, 1.165) is 13.0 Å². The lowest BCUT2D eigenvalue weighted by atomic mass is 10.1. The van der Waals surface area contributed by atoms with E-state index in [1.54, 1.807) is 6.92 Å². The van der Waals surface area contributed by atoms with E-state index in [-0.39, 0.29) is 36.3 Å². The van der Waals surface area contributed by atoms with Crippen molar-refractivity contribution in [1.82, 2.24) is 19.3 Å². The third-order valence-corrected chi connectivity index (χ3v) is 5.56. The molecule has 0 fully saturated rings. The van der Waals surface area contributed by atoms with E-state index >= 15 is 4.39 Å². The zero-order chi connectivity index (χ0) is 25.5. The second-order valence-corrected chi connectivity index (χ2v) is 8.03. The third-order valence-electron chi connectivity index (χ3n) is 5.24. The summed E-state index contributed by atoms with van der Waals surface area (Å²) in [4.78, 5) is 29.7. The molecule has 3 aromatic rings. The molecule has 9 nitrogen and oxygen atoms in total. The molecule has 186 valence electrons. The topological polar surface area (TPSA) is 100 Å². The van der Waals surface area contributed by atoms with Gasteiger partial charge in [0.1, 0.15) is 23.9 Å². The number of fused-ring (bicyclic) bond motifs is 1. The third kappa shape index (κ3) is 4.86. The van der Waals surface area contributed by atoms with Crippen molar-refractivity contribution in [2.45, 2.75) is 39.3 Å². The lowest BCUT2D eigenvalue weighted by Gasteiger charge is -2.20. The van der Waals surface area contributed by atoms with Crippen molar-refractivity contribution in [2.75, 3.05) is 11.9 Å². The van der Waals surface area contributed by atoms with Crippen LogP contribution in [0.3, 0.4) is 0 Å².